The standard InChI is InChI=1S/C23H25NO2/c1-5-21(19-11-10-15(2)12-16(19)3)24-23(25)20-13-17-8-6-7-9-18(17)14-22(20)26-4/h6-14,21H,5H2,1-4H3,(H,24,25)/t21-/m1/s1. The van der Waals surface area contributed by atoms with E-state index in [9.17, 15) is 4.79 Å². The van der Waals surface area contributed by atoms with E-state index in [-0.39, 0.29) is 11.9 Å². The average Bonchev–Trinajstić information content (AvgIpc) is 2.65. The molecule has 0 radical (unpaired) electrons. The van der Waals surface area contributed by atoms with Crippen LogP contribution < -0.4 is 10.1 Å². The SMILES string of the molecule is CC[C@@H](NC(=O)c1cc2ccccc2cc1OC)c1ccc(C)cc1C. The number of methoxy groups -OCH3 is 1. The Labute approximate surface area is 155 Å². The molecule has 3 heteroatoms. The summed E-state index contributed by atoms with van der Waals surface area (Å²) >= 11 is 0. The van der Waals surface area contributed by atoms with Crippen LogP contribution in [-0.4, -0.2) is 13.0 Å². The van der Waals surface area contributed by atoms with Crippen molar-refractivity contribution >= 4 is 16.7 Å². The lowest BCUT2D eigenvalue weighted by atomic mass is 9.97. The second-order valence-corrected chi connectivity index (χ2v) is 6.69. The molecule has 0 spiro atoms. The Kier molecular flexibility index (Phi) is 5.27. The lowest BCUT2D eigenvalue weighted by Crippen LogP contribution is -2.29. The zero-order chi connectivity index (χ0) is 18.7. The van der Waals surface area contributed by atoms with Crippen LogP contribution in [0.1, 0.15) is 46.4 Å². The van der Waals surface area contributed by atoms with Gasteiger partial charge in [-0.15, -0.1) is 0 Å². The Morgan fingerprint density at radius 3 is 2.35 bits per heavy atom. The summed E-state index contributed by atoms with van der Waals surface area (Å²) in [5, 5.41) is 5.26. The Hall–Kier alpha value is -2.81. The summed E-state index contributed by atoms with van der Waals surface area (Å²) in [5.41, 5.74) is 4.15. The predicted molar refractivity (Wildman–Crippen MR) is 107 cm³/mol. The van der Waals surface area contributed by atoms with E-state index in [0.29, 0.717) is 11.3 Å². The van der Waals surface area contributed by atoms with Crippen molar-refractivity contribution in [2.75, 3.05) is 7.11 Å². The zero-order valence-corrected chi connectivity index (χ0v) is 15.8. The Balaban J connectivity index is 1.94. The summed E-state index contributed by atoms with van der Waals surface area (Å²) in [6, 6.07) is 18.1. The quantitative estimate of drug-likeness (QED) is 0.676. The number of fused-ring (bicyclic) bond motifs is 1. The minimum atomic E-state index is -0.112. The molecule has 0 aromatic heterocycles. The highest BCUT2D eigenvalue weighted by Crippen LogP contribution is 2.28. The van der Waals surface area contributed by atoms with Crippen molar-refractivity contribution in [3.05, 3.63) is 76.9 Å². The number of ether oxygens (including phenoxy) is 1. The maximum absolute atomic E-state index is 13.0. The first-order valence-corrected chi connectivity index (χ1v) is 8.98. The number of rotatable bonds is 5. The van der Waals surface area contributed by atoms with Crippen LogP contribution in [0.4, 0.5) is 0 Å². The van der Waals surface area contributed by atoms with Gasteiger partial charge in [0.1, 0.15) is 5.75 Å². The fourth-order valence-electron chi connectivity index (χ4n) is 3.42. The van der Waals surface area contributed by atoms with Crippen molar-refractivity contribution in [2.24, 2.45) is 0 Å². The third-order valence-electron chi connectivity index (χ3n) is 4.83. The molecular formula is C23H25NO2. The second-order valence-electron chi connectivity index (χ2n) is 6.69. The van der Waals surface area contributed by atoms with Gasteiger partial charge in [0, 0.05) is 0 Å². The van der Waals surface area contributed by atoms with Gasteiger partial charge < -0.3 is 10.1 Å². The van der Waals surface area contributed by atoms with E-state index in [1.807, 2.05) is 36.4 Å². The van der Waals surface area contributed by atoms with Crippen molar-refractivity contribution in [2.45, 2.75) is 33.2 Å². The average molecular weight is 347 g/mol. The number of amides is 1. The molecule has 1 N–H and O–H groups in total. The molecule has 3 nitrogen and oxygen atoms in total. The van der Waals surface area contributed by atoms with Crippen molar-refractivity contribution in [3.8, 4) is 5.75 Å². The van der Waals surface area contributed by atoms with E-state index < -0.39 is 0 Å². The number of hydrogen-bond donors (Lipinski definition) is 1. The fourth-order valence-corrected chi connectivity index (χ4v) is 3.42. The molecule has 26 heavy (non-hydrogen) atoms. The van der Waals surface area contributed by atoms with Gasteiger partial charge in [0.25, 0.3) is 5.91 Å². The van der Waals surface area contributed by atoms with Gasteiger partial charge in [-0.25, -0.2) is 0 Å². The van der Waals surface area contributed by atoms with Gasteiger partial charge in [0.15, 0.2) is 0 Å². The van der Waals surface area contributed by atoms with Crippen LogP contribution in [-0.2, 0) is 0 Å². The first-order valence-electron chi connectivity index (χ1n) is 8.98. The molecule has 0 aliphatic rings. The lowest BCUT2D eigenvalue weighted by Gasteiger charge is -2.21. The molecule has 0 bridgehead atoms. The highest BCUT2D eigenvalue weighted by Gasteiger charge is 2.19. The minimum Gasteiger partial charge on any atom is -0.496 e. The van der Waals surface area contributed by atoms with E-state index in [0.717, 1.165) is 22.8 Å². The molecule has 0 heterocycles. The summed E-state index contributed by atoms with van der Waals surface area (Å²) in [6.45, 7) is 6.26. The molecule has 134 valence electrons. The largest absolute Gasteiger partial charge is 0.496 e. The molecule has 1 amide bonds. The lowest BCUT2D eigenvalue weighted by molar-refractivity contribution is 0.0932. The Bertz CT molecular complexity index is 946. The molecule has 0 aliphatic heterocycles. The van der Waals surface area contributed by atoms with Crippen molar-refractivity contribution < 1.29 is 9.53 Å². The third-order valence-corrected chi connectivity index (χ3v) is 4.83. The second kappa shape index (κ2) is 7.61. The first-order chi connectivity index (χ1) is 12.5. The Morgan fingerprint density at radius 1 is 1.04 bits per heavy atom. The van der Waals surface area contributed by atoms with Crippen molar-refractivity contribution in [1.82, 2.24) is 5.32 Å². The van der Waals surface area contributed by atoms with Gasteiger partial charge in [-0.3, -0.25) is 4.79 Å². The summed E-state index contributed by atoms with van der Waals surface area (Å²) in [7, 11) is 1.60. The van der Waals surface area contributed by atoms with Gasteiger partial charge in [0.05, 0.1) is 18.7 Å². The van der Waals surface area contributed by atoms with E-state index >= 15 is 0 Å². The van der Waals surface area contributed by atoms with Gasteiger partial charge >= 0.3 is 0 Å². The first kappa shape index (κ1) is 18.0. The molecule has 1 atom stereocenters. The van der Waals surface area contributed by atoms with Gasteiger partial charge in [-0.2, -0.15) is 0 Å². The summed E-state index contributed by atoms with van der Waals surface area (Å²) in [4.78, 5) is 13.0. The minimum absolute atomic E-state index is 0.0284. The number of aryl methyl sites for hydroxylation is 2. The maximum atomic E-state index is 13.0. The molecule has 3 aromatic rings. The normalized spacial score (nSPS) is 12.0. The predicted octanol–water partition coefficient (Wildman–Crippen LogP) is 5.35. The van der Waals surface area contributed by atoms with Crippen LogP contribution in [0.5, 0.6) is 5.75 Å². The number of nitrogens with one attached hydrogen (secondary N) is 1. The summed E-state index contributed by atoms with van der Waals surface area (Å²) < 4.78 is 5.47. The third kappa shape index (κ3) is 3.57. The number of benzene rings is 3. The van der Waals surface area contributed by atoms with E-state index in [2.05, 4.69) is 44.3 Å². The van der Waals surface area contributed by atoms with Crippen LogP contribution in [0.3, 0.4) is 0 Å². The van der Waals surface area contributed by atoms with E-state index in [1.54, 1.807) is 7.11 Å². The van der Waals surface area contributed by atoms with Gasteiger partial charge in [-0.1, -0.05) is 55.0 Å². The molecule has 0 saturated carbocycles. The van der Waals surface area contributed by atoms with Gasteiger partial charge in [0.2, 0.25) is 0 Å². The molecule has 0 fully saturated rings. The molecule has 0 unspecified atom stereocenters. The monoisotopic (exact) mass is 347 g/mol. The number of carbonyl (C=O) groups excluding carboxylic acids is 1. The highest BCUT2D eigenvalue weighted by atomic mass is 16.5. The fraction of sp³-hybridized carbons (Fsp3) is 0.261. The van der Waals surface area contributed by atoms with Crippen LogP contribution in [0.25, 0.3) is 10.8 Å². The molecule has 3 aromatic carbocycles. The number of hydrogen-bond acceptors (Lipinski definition) is 2. The zero-order valence-electron chi connectivity index (χ0n) is 15.8. The maximum Gasteiger partial charge on any atom is 0.255 e. The molecule has 0 saturated heterocycles. The van der Waals surface area contributed by atoms with Crippen molar-refractivity contribution in [3.63, 3.8) is 0 Å². The van der Waals surface area contributed by atoms with E-state index in [4.69, 9.17) is 4.74 Å². The molecular weight excluding hydrogens is 322 g/mol. The van der Waals surface area contributed by atoms with Crippen LogP contribution in [0.2, 0.25) is 0 Å². The summed E-state index contributed by atoms with van der Waals surface area (Å²) in [6.07, 6.45) is 0.825. The highest BCUT2D eigenvalue weighted by molar-refractivity contribution is 6.01. The molecule has 0 aliphatic carbocycles. The van der Waals surface area contributed by atoms with Crippen molar-refractivity contribution in [1.29, 1.82) is 0 Å². The van der Waals surface area contributed by atoms with Crippen LogP contribution in [0.15, 0.2) is 54.6 Å². The topological polar surface area (TPSA) is 38.3 Å². The Morgan fingerprint density at radius 2 is 1.73 bits per heavy atom. The van der Waals surface area contributed by atoms with Gasteiger partial charge in [-0.05, 0) is 54.3 Å². The molecule has 3 rings (SSSR count). The van der Waals surface area contributed by atoms with E-state index in [1.165, 1.54) is 11.1 Å². The number of carbonyl (C=O) groups is 1. The smallest absolute Gasteiger partial charge is 0.255 e. The van der Waals surface area contributed by atoms with Crippen LogP contribution in [0, 0.1) is 13.8 Å². The van der Waals surface area contributed by atoms with Crippen LogP contribution >= 0.6 is 0 Å². The summed E-state index contributed by atoms with van der Waals surface area (Å²) in [5.74, 6) is 0.483.